The molecule has 4 aromatic rings. The molecule has 0 atom stereocenters. The van der Waals surface area contributed by atoms with Crippen molar-refractivity contribution in [3.05, 3.63) is 88.2 Å². The molecule has 4 nitrogen and oxygen atoms in total. The second-order valence-electron chi connectivity index (χ2n) is 6.19. The fourth-order valence-electron chi connectivity index (χ4n) is 3.19. The van der Waals surface area contributed by atoms with Crippen LogP contribution in [-0.2, 0) is 0 Å². The molecule has 4 rings (SSSR count). The Hall–Kier alpha value is -3.53. The lowest BCUT2D eigenvalue weighted by molar-refractivity contribution is 0.0697. The average Bonchev–Trinajstić information content (AvgIpc) is 2.78. The van der Waals surface area contributed by atoms with Crippen LogP contribution in [0.5, 0.6) is 0 Å². The molecule has 0 aliphatic carbocycles. The van der Waals surface area contributed by atoms with Crippen molar-refractivity contribution >= 4 is 27.6 Å². The van der Waals surface area contributed by atoms with Gasteiger partial charge >= 0.3 is 5.97 Å². The van der Waals surface area contributed by atoms with Crippen molar-refractivity contribution in [1.82, 2.24) is 4.98 Å². The minimum Gasteiger partial charge on any atom is -0.478 e. The average molecular weight is 341 g/mol. The molecule has 0 saturated heterocycles. The number of nitrogens with zero attached hydrogens (tertiary/aromatic N) is 1. The maximum Gasteiger partial charge on any atom is 0.335 e. The largest absolute Gasteiger partial charge is 0.478 e. The van der Waals surface area contributed by atoms with Crippen LogP contribution in [0.3, 0.4) is 0 Å². The molecule has 0 unspecified atom stereocenters. The number of carbonyl (C=O) groups is 1. The number of hydrogen-bond acceptors (Lipinski definition) is 3. The number of aromatic nitrogens is 1. The Morgan fingerprint density at radius 1 is 0.923 bits per heavy atom. The number of aryl methyl sites for hydroxylation is 1. The molecule has 0 saturated carbocycles. The van der Waals surface area contributed by atoms with Crippen molar-refractivity contribution in [2.45, 2.75) is 6.92 Å². The van der Waals surface area contributed by atoms with Crippen LogP contribution < -0.4 is 5.43 Å². The number of carboxylic acids is 1. The molecule has 4 heteroatoms. The van der Waals surface area contributed by atoms with E-state index in [0.717, 1.165) is 16.8 Å². The van der Waals surface area contributed by atoms with Crippen molar-refractivity contribution in [1.29, 1.82) is 0 Å². The van der Waals surface area contributed by atoms with Gasteiger partial charge in [0.15, 0.2) is 5.43 Å². The highest BCUT2D eigenvalue weighted by Gasteiger charge is 2.11. The zero-order chi connectivity index (χ0) is 18.3. The van der Waals surface area contributed by atoms with Crippen molar-refractivity contribution in [3.8, 4) is 11.1 Å². The summed E-state index contributed by atoms with van der Waals surface area (Å²) >= 11 is 0. The van der Waals surface area contributed by atoms with E-state index >= 15 is 0 Å². The third-order valence-corrected chi connectivity index (χ3v) is 4.54. The van der Waals surface area contributed by atoms with Gasteiger partial charge in [-0.1, -0.05) is 42.5 Å². The lowest BCUT2D eigenvalue weighted by Gasteiger charge is -2.06. The van der Waals surface area contributed by atoms with Crippen LogP contribution in [0.1, 0.15) is 16.1 Å². The first-order valence-electron chi connectivity index (χ1n) is 8.22. The molecule has 0 aliphatic rings. The molecule has 0 radical (unpaired) electrons. The van der Waals surface area contributed by atoms with Crippen molar-refractivity contribution in [2.75, 3.05) is 0 Å². The van der Waals surface area contributed by atoms with Gasteiger partial charge in [-0.15, -0.1) is 0 Å². The minimum absolute atomic E-state index is 0.0947. The number of benzene rings is 2. The summed E-state index contributed by atoms with van der Waals surface area (Å²) in [7, 11) is 0. The predicted molar refractivity (Wildman–Crippen MR) is 103 cm³/mol. The molecule has 0 aliphatic heterocycles. The SMILES string of the molecule is Cc1nc2ccc3ccc(C(=O)O)cc3c(=O)c2cc1-c1ccccc1. The van der Waals surface area contributed by atoms with Gasteiger partial charge in [0.2, 0.25) is 0 Å². The van der Waals surface area contributed by atoms with E-state index in [9.17, 15) is 14.7 Å². The fourth-order valence-corrected chi connectivity index (χ4v) is 3.19. The van der Waals surface area contributed by atoms with Gasteiger partial charge in [-0.25, -0.2) is 4.79 Å². The monoisotopic (exact) mass is 341 g/mol. The maximum atomic E-state index is 13.1. The third-order valence-electron chi connectivity index (χ3n) is 4.54. The Kier molecular flexibility index (Phi) is 3.73. The molecule has 0 fully saturated rings. The number of rotatable bonds is 2. The lowest BCUT2D eigenvalue weighted by atomic mass is 10.0. The van der Waals surface area contributed by atoms with Gasteiger partial charge in [-0.05, 0) is 42.1 Å². The number of carboxylic acid groups (broad SMARTS) is 1. The van der Waals surface area contributed by atoms with E-state index < -0.39 is 5.97 Å². The summed E-state index contributed by atoms with van der Waals surface area (Å²) in [5.74, 6) is -1.05. The first-order chi connectivity index (χ1) is 12.5. The van der Waals surface area contributed by atoms with E-state index in [-0.39, 0.29) is 11.0 Å². The van der Waals surface area contributed by atoms with Crippen molar-refractivity contribution < 1.29 is 9.90 Å². The van der Waals surface area contributed by atoms with Gasteiger partial charge < -0.3 is 5.11 Å². The highest BCUT2D eigenvalue weighted by Crippen LogP contribution is 2.25. The zero-order valence-corrected chi connectivity index (χ0v) is 14.1. The molecule has 1 aromatic heterocycles. The maximum absolute atomic E-state index is 13.1. The summed E-state index contributed by atoms with van der Waals surface area (Å²) in [4.78, 5) is 29.0. The molecule has 1 heterocycles. The molecule has 126 valence electrons. The van der Waals surface area contributed by atoms with Crippen LogP contribution in [0.4, 0.5) is 0 Å². The van der Waals surface area contributed by atoms with Crippen LogP contribution in [0.2, 0.25) is 0 Å². The van der Waals surface area contributed by atoms with E-state index in [2.05, 4.69) is 4.98 Å². The molecule has 0 amide bonds. The number of fused-ring (bicyclic) bond motifs is 2. The normalized spacial score (nSPS) is 11.0. The minimum atomic E-state index is -1.05. The Morgan fingerprint density at radius 3 is 2.38 bits per heavy atom. The standard InChI is InChI=1S/C22H15NO3/c1-13-17(14-5-3-2-4-6-14)12-19-20(23-13)10-9-15-7-8-16(22(25)26)11-18(15)21(19)24/h2-12H,1H3,(H,25,26). The van der Waals surface area contributed by atoms with Crippen LogP contribution >= 0.6 is 0 Å². The van der Waals surface area contributed by atoms with Gasteiger partial charge in [-0.3, -0.25) is 9.78 Å². The molecule has 1 N–H and O–H groups in total. The highest BCUT2D eigenvalue weighted by molar-refractivity contribution is 5.98. The summed E-state index contributed by atoms with van der Waals surface area (Å²) in [5.41, 5.74) is 3.19. The Labute approximate surface area is 149 Å². The summed E-state index contributed by atoms with van der Waals surface area (Å²) in [6.45, 7) is 1.92. The summed E-state index contributed by atoms with van der Waals surface area (Å²) in [6, 6.07) is 19.8. The van der Waals surface area contributed by atoms with Gasteiger partial charge in [0.05, 0.1) is 11.1 Å². The van der Waals surface area contributed by atoms with Crippen LogP contribution in [-0.4, -0.2) is 16.1 Å². The number of aromatic carboxylic acids is 1. The van der Waals surface area contributed by atoms with Gasteiger partial charge in [0.25, 0.3) is 0 Å². The number of hydrogen-bond donors (Lipinski definition) is 1. The van der Waals surface area contributed by atoms with E-state index in [4.69, 9.17) is 0 Å². The number of pyridine rings is 1. The van der Waals surface area contributed by atoms with E-state index in [1.54, 1.807) is 18.2 Å². The van der Waals surface area contributed by atoms with Gasteiger partial charge in [0.1, 0.15) is 0 Å². The van der Waals surface area contributed by atoms with E-state index in [1.807, 2.05) is 43.3 Å². The highest BCUT2D eigenvalue weighted by atomic mass is 16.4. The van der Waals surface area contributed by atoms with Crippen molar-refractivity contribution in [3.63, 3.8) is 0 Å². The molecule has 0 bridgehead atoms. The Balaban J connectivity index is 2.11. The summed E-state index contributed by atoms with van der Waals surface area (Å²) < 4.78 is 0. The van der Waals surface area contributed by atoms with Gasteiger partial charge in [-0.2, -0.15) is 0 Å². The van der Waals surface area contributed by atoms with E-state index in [0.29, 0.717) is 21.7 Å². The quantitative estimate of drug-likeness (QED) is 0.586. The third kappa shape index (κ3) is 2.62. The molecular formula is C22H15NO3. The fraction of sp³-hybridized carbons (Fsp3) is 0.0455. The Bertz CT molecular complexity index is 1230. The summed E-state index contributed by atoms with van der Waals surface area (Å²) in [6.07, 6.45) is 0. The molecular weight excluding hydrogens is 326 g/mol. The smallest absolute Gasteiger partial charge is 0.335 e. The van der Waals surface area contributed by atoms with Gasteiger partial charge in [0, 0.05) is 22.0 Å². The first kappa shape index (κ1) is 16.0. The molecule has 26 heavy (non-hydrogen) atoms. The second-order valence-corrected chi connectivity index (χ2v) is 6.19. The lowest BCUT2D eigenvalue weighted by Crippen LogP contribution is -2.03. The second kappa shape index (κ2) is 6.08. The molecule has 0 spiro atoms. The summed E-state index contributed by atoms with van der Waals surface area (Å²) in [5, 5.41) is 10.8. The predicted octanol–water partition coefficient (Wildman–Crippen LogP) is 4.42. The van der Waals surface area contributed by atoms with E-state index in [1.165, 1.54) is 12.1 Å². The Morgan fingerprint density at radius 2 is 1.65 bits per heavy atom. The zero-order valence-electron chi connectivity index (χ0n) is 14.1. The van der Waals surface area contributed by atoms with Crippen LogP contribution in [0.25, 0.3) is 32.8 Å². The van der Waals surface area contributed by atoms with Crippen LogP contribution in [0.15, 0.2) is 71.5 Å². The topological polar surface area (TPSA) is 67.3 Å². The van der Waals surface area contributed by atoms with Crippen molar-refractivity contribution in [2.24, 2.45) is 0 Å². The first-order valence-corrected chi connectivity index (χ1v) is 8.22. The molecule has 3 aromatic carbocycles. The van der Waals surface area contributed by atoms with Crippen LogP contribution in [0, 0.1) is 6.92 Å².